The van der Waals surface area contributed by atoms with Gasteiger partial charge in [0.15, 0.2) is 0 Å². The molecule has 0 unspecified atom stereocenters. The van der Waals surface area contributed by atoms with Crippen LogP contribution in [0.1, 0.15) is 5.69 Å². The van der Waals surface area contributed by atoms with Crippen LogP contribution in [0.2, 0.25) is 0 Å². The number of imidazole rings is 1. The number of hydrogen-bond donors (Lipinski definition) is 3. The van der Waals surface area contributed by atoms with Crippen molar-refractivity contribution in [2.45, 2.75) is 6.92 Å². The number of nitrogens with two attached hydrogens (primary N) is 1. The van der Waals surface area contributed by atoms with Crippen LogP contribution in [0.15, 0.2) is 23.0 Å². The van der Waals surface area contributed by atoms with E-state index in [0.29, 0.717) is 22.4 Å². The smallest absolute Gasteiger partial charge is 0.449 e. The zero-order valence-corrected chi connectivity index (χ0v) is 10.4. The molecule has 8 nitrogen and oxygen atoms in total. The summed E-state index contributed by atoms with van der Waals surface area (Å²) < 4.78 is 6.08. The number of rotatable bonds is 1. The summed E-state index contributed by atoms with van der Waals surface area (Å²) in [6.45, 7) is 1.61. The van der Waals surface area contributed by atoms with Crippen LogP contribution in [-0.4, -0.2) is 25.6 Å². The maximum Gasteiger partial charge on any atom is 0.512 e. The number of hydrogen-bond acceptors (Lipinski definition) is 5. The molecule has 0 spiro atoms. The van der Waals surface area contributed by atoms with Crippen molar-refractivity contribution in [3.05, 3.63) is 34.2 Å². The number of H-pyrrole nitrogens is 1. The van der Waals surface area contributed by atoms with Crippen molar-refractivity contribution in [2.24, 2.45) is 0 Å². The van der Waals surface area contributed by atoms with Gasteiger partial charge in [-0.3, -0.25) is 9.20 Å². The summed E-state index contributed by atoms with van der Waals surface area (Å²) in [5, 5.41) is 8.67. The monoisotopic (exact) mass is 274 g/mol. The fourth-order valence-electron chi connectivity index (χ4n) is 2.13. The van der Waals surface area contributed by atoms with E-state index in [0.717, 1.165) is 0 Å². The van der Waals surface area contributed by atoms with E-state index in [1.807, 2.05) is 0 Å². The first-order chi connectivity index (χ1) is 9.47. The van der Waals surface area contributed by atoms with Gasteiger partial charge in [-0.25, -0.2) is 4.79 Å². The molecule has 0 aliphatic heterocycles. The highest BCUT2D eigenvalue weighted by Crippen LogP contribution is 2.23. The lowest BCUT2D eigenvalue weighted by Gasteiger charge is -2.04. The highest BCUT2D eigenvalue weighted by Gasteiger charge is 2.17. The molecule has 0 radical (unpaired) electrons. The molecule has 4 N–H and O–H groups in total. The largest absolute Gasteiger partial charge is 0.512 e. The Morgan fingerprint density at radius 1 is 1.50 bits per heavy atom. The van der Waals surface area contributed by atoms with Crippen molar-refractivity contribution in [3.63, 3.8) is 0 Å². The summed E-state index contributed by atoms with van der Waals surface area (Å²) in [7, 11) is 0. The quantitative estimate of drug-likeness (QED) is 0.451. The topological polar surface area (TPSA) is 123 Å². The van der Waals surface area contributed by atoms with Crippen molar-refractivity contribution in [3.8, 4) is 5.88 Å². The summed E-state index contributed by atoms with van der Waals surface area (Å²) in [6.07, 6.45) is -1.49. The number of aryl methyl sites for hydroxylation is 1. The molecule has 0 saturated carbocycles. The number of nitrogens with zero attached hydrogens (tertiary/aromatic N) is 2. The second-order valence-corrected chi connectivity index (χ2v) is 4.26. The van der Waals surface area contributed by atoms with Gasteiger partial charge in [0.1, 0.15) is 0 Å². The number of carboxylic acid groups (broad SMARTS) is 1. The molecule has 0 aliphatic carbocycles. The molecule has 102 valence electrons. The van der Waals surface area contributed by atoms with Crippen LogP contribution in [0.3, 0.4) is 0 Å². The highest BCUT2D eigenvalue weighted by molar-refractivity contribution is 5.81. The van der Waals surface area contributed by atoms with Gasteiger partial charge in [-0.2, -0.15) is 4.98 Å². The second kappa shape index (κ2) is 3.98. The third-order valence-electron chi connectivity index (χ3n) is 2.96. The Kier molecular flexibility index (Phi) is 2.40. The van der Waals surface area contributed by atoms with Gasteiger partial charge in [-0.1, -0.05) is 0 Å². The number of nitrogen functional groups attached to an aromatic ring is 1. The van der Waals surface area contributed by atoms with Crippen molar-refractivity contribution in [1.82, 2.24) is 14.4 Å². The van der Waals surface area contributed by atoms with Gasteiger partial charge in [0.25, 0.3) is 5.56 Å². The number of fused-ring (bicyclic) bond motifs is 3. The Labute approximate surface area is 111 Å². The van der Waals surface area contributed by atoms with Crippen molar-refractivity contribution in [1.29, 1.82) is 0 Å². The van der Waals surface area contributed by atoms with Gasteiger partial charge in [-0.15, -0.1) is 0 Å². The van der Waals surface area contributed by atoms with Gasteiger partial charge >= 0.3 is 6.16 Å². The molecule has 2 aromatic heterocycles. The summed E-state index contributed by atoms with van der Waals surface area (Å²) in [5.74, 6) is -0.127. The van der Waals surface area contributed by atoms with Crippen molar-refractivity contribution < 1.29 is 14.6 Å². The molecule has 8 heteroatoms. The number of aromatic nitrogens is 3. The Morgan fingerprint density at radius 3 is 2.95 bits per heavy atom. The molecule has 3 aromatic rings. The Balaban J connectivity index is 2.47. The van der Waals surface area contributed by atoms with Crippen LogP contribution in [0.5, 0.6) is 5.88 Å². The Hall–Kier alpha value is -3.03. The summed E-state index contributed by atoms with van der Waals surface area (Å²) in [4.78, 5) is 29.1. The minimum atomic E-state index is -1.49. The van der Waals surface area contributed by atoms with Crippen LogP contribution >= 0.6 is 0 Å². The summed E-state index contributed by atoms with van der Waals surface area (Å²) >= 11 is 0. The van der Waals surface area contributed by atoms with E-state index in [-0.39, 0.29) is 11.5 Å². The lowest BCUT2D eigenvalue weighted by Crippen LogP contribution is -2.11. The van der Waals surface area contributed by atoms with E-state index in [2.05, 4.69) is 14.7 Å². The third-order valence-corrected chi connectivity index (χ3v) is 2.96. The minimum Gasteiger partial charge on any atom is -0.449 e. The maximum atomic E-state index is 12.0. The lowest BCUT2D eigenvalue weighted by atomic mass is 10.2. The first kappa shape index (κ1) is 12.0. The average molecular weight is 274 g/mol. The fourth-order valence-corrected chi connectivity index (χ4v) is 2.13. The summed E-state index contributed by atoms with van der Waals surface area (Å²) in [5.41, 5.74) is 7.46. The number of nitrogens with one attached hydrogen (secondary N) is 1. The van der Waals surface area contributed by atoms with Gasteiger partial charge in [0.2, 0.25) is 11.5 Å². The molecule has 0 fully saturated rings. The zero-order valence-electron chi connectivity index (χ0n) is 10.4. The van der Waals surface area contributed by atoms with Gasteiger partial charge < -0.3 is 20.6 Å². The number of carbonyl (C=O) groups is 1. The van der Waals surface area contributed by atoms with Crippen LogP contribution in [0, 0.1) is 6.92 Å². The molecule has 0 saturated heterocycles. The first-order valence-electron chi connectivity index (χ1n) is 5.68. The average Bonchev–Trinajstić information content (AvgIpc) is 2.69. The van der Waals surface area contributed by atoms with Gasteiger partial charge in [-0.05, 0) is 25.1 Å². The van der Waals surface area contributed by atoms with Crippen LogP contribution < -0.4 is 16.0 Å². The Bertz CT molecular complexity index is 909. The predicted molar refractivity (Wildman–Crippen MR) is 71.1 cm³/mol. The molecule has 0 atom stereocenters. The molecule has 20 heavy (non-hydrogen) atoms. The van der Waals surface area contributed by atoms with Crippen molar-refractivity contribution in [2.75, 3.05) is 5.73 Å². The van der Waals surface area contributed by atoms with E-state index in [4.69, 9.17) is 10.8 Å². The standard InChI is InChI=1S/C12H10N4O4/c1-5-11(20-12(18)19)15-9-10(17)14-7-3-2-6(13)4-8(7)16(5)9/h2-4H,13H2,1H3,(H,14,17)(H,18,19). The van der Waals surface area contributed by atoms with Crippen LogP contribution in [0.25, 0.3) is 16.7 Å². The minimum absolute atomic E-state index is 0.0526. The molecular formula is C12H10N4O4. The second-order valence-electron chi connectivity index (χ2n) is 4.26. The molecule has 0 amide bonds. The maximum absolute atomic E-state index is 12.0. The summed E-state index contributed by atoms with van der Waals surface area (Å²) in [6, 6.07) is 4.99. The normalized spacial score (nSPS) is 11.1. The van der Waals surface area contributed by atoms with Crippen molar-refractivity contribution >= 4 is 28.5 Å². The van der Waals surface area contributed by atoms with Crippen LogP contribution in [-0.2, 0) is 0 Å². The molecule has 3 rings (SSSR count). The van der Waals surface area contributed by atoms with E-state index in [9.17, 15) is 9.59 Å². The molecule has 0 aliphatic rings. The predicted octanol–water partition coefficient (Wildman–Crippen LogP) is 1.12. The molecule has 0 bridgehead atoms. The Morgan fingerprint density at radius 2 is 2.25 bits per heavy atom. The van der Waals surface area contributed by atoms with E-state index < -0.39 is 11.7 Å². The molecular weight excluding hydrogens is 264 g/mol. The van der Waals surface area contributed by atoms with Gasteiger partial charge in [0, 0.05) is 5.69 Å². The van der Waals surface area contributed by atoms with E-state index in [1.54, 1.807) is 25.1 Å². The molecule has 2 heterocycles. The lowest BCUT2D eigenvalue weighted by molar-refractivity contribution is 0.142. The van der Waals surface area contributed by atoms with E-state index in [1.165, 1.54) is 4.40 Å². The fraction of sp³-hybridized carbons (Fsp3) is 0.0833. The highest BCUT2D eigenvalue weighted by atomic mass is 16.7. The molecule has 1 aromatic carbocycles. The number of aromatic amines is 1. The van der Waals surface area contributed by atoms with E-state index >= 15 is 0 Å². The number of ether oxygens (including phenoxy) is 1. The number of benzene rings is 1. The van der Waals surface area contributed by atoms with Gasteiger partial charge in [0.05, 0.1) is 16.7 Å². The SMILES string of the molecule is Cc1c(OC(=O)O)nc2c(=O)[nH]c3ccc(N)cc3n12. The zero-order chi connectivity index (χ0) is 14.4. The van der Waals surface area contributed by atoms with Crippen LogP contribution in [0.4, 0.5) is 10.5 Å². The first-order valence-corrected chi connectivity index (χ1v) is 5.68. The third kappa shape index (κ3) is 1.66. The number of anilines is 1.